The lowest BCUT2D eigenvalue weighted by molar-refractivity contribution is 1.21. The van der Waals surface area contributed by atoms with Crippen LogP contribution in [0.3, 0.4) is 0 Å². The topological polar surface area (TPSA) is 25.8 Å². The first-order valence-electron chi connectivity index (χ1n) is 19.1. The van der Waals surface area contributed by atoms with Crippen LogP contribution < -0.4 is 10.5 Å². The zero-order valence-corrected chi connectivity index (χ0v) is 31.7. The molecule has 0 spiro atoms. The van der Waals surface area contributed by atoms with E-state index in [1.807, 2.05) is 0 Å². The fourth-order valence-corrected chi connectivity index (χ4v) is 12.0. The van der Waals surface area contributed by atoms with Crippen LogP contribution in [0.15, 0.2) is 182 Å². The molecule has 11 rings (SSSR count). The van der Waals surface area contributed by atoms with Gasteiger partial charge in [-0.1, -0.05) is 177 Å². The van der Waals surface area contributed by atoms with Gasteiger partial charge in [0, 0.05) is 22.0 Å². The second kappa shape index (κ2) is 12.2. The van der Waals surface area contributed by atoms with Crippen LogP contribution >= 0.6 is 0 Å². The normalized spacial score (nSPS) is 13.1. The molecule has 1 aromatic heterocycles. The molecule has 9 aromatic carbocycles. The third-order valence-corrected chi connectivity index (χ3v) is 15.1. The zero-order chi connectivity index (χ0) is 36.7. The summed E-state index contributed by atoms with van der Waals surface area (Å²) in [6, 6.07) is 66.3. The number of nitrogens with zero attached hydrogens (tertiary/aromatic N) is 2. The number of fused-ring (bicyclic) bond motifs is 11. The molecular formula is C52H36N2Si. The van der Waals surface area contributed by atoms with Crippen LogP contribution in [0.2, 0.25) is 13.1 Å². The first-order chi connectivity index (χ1) is 27.0. The van der Waals surface area contributed by atoms with E-state index in [0.29, 0.717) is 0 Å². The highest BCUT2D eigenvalue weighted by molar-refractivity contribution is 7.03. The third-order valence-electron chi connectivity index (χ3n) is 11.8. The van der Waals surface area contributed by atoms with Gasteiger partial charge in [0.1, 0.15) is 8.07 Å². The van der Waals surface area contributed by atoms with E-state index in [0.717, 1.165) is 28.2 Å². The standard InChI is InChI=1S/C52H36N2Si/c1-55(2)47-29-27-33-14-6-7-21-40(33)48(47)49-50(53-51(54-52(49)55)34-15-4-3-5-16-34)39-20-13-19-37(31-39)35-17-12-18-36(30-35)38-26-28-45-43-24-9-8-22-41(43)42-23-10-11-25-44(42)46(45)32-38/h3-32H,1-2H3. The van der Waals surface area contributed by atoms with E-state index >= 15 is 0 Å². The van der Waals surface area contributed by atoms with Crippen LogP contribution in [0.1, 0.15) is 0 Å². The fraction of sp³-hybridized carbons (Fsp3) is 0.0385. The third kappa shape index (κ3) is 4.94. The molecule has 1 aliphatic heterocycles. The Morgan fingerprint density at radius 1 is 0.345 bits per heavy atom. The van der Waals surface area contributed by atoms with Crippen LogP contribution in [0.5, 0.6) is 0 Å². The Bertz CT molecular complexity index is 3150. The average Bonchev–Trinajstić information content (AvgIpc) is 3.49. The Labute approximate surface area is 321 Å². The molecule has 3 heteroatoms. The molecule has 0 aliphatic carbocycles. The highest BCUT2D eigenvalue weighted by Gasteiger charge is 2.42. The minimum Gasteiger partial charge on any atom is -0.237 e. The molecule has 55 heavy (non-hydrogen) atoms. The molecule has 0 fully saturated rings. The highest BCUT2D eigenvalue weighted by Crippen LogP contribution is 2.42. The van der Waals surface area contributed by atoms with Gasteiger partial charge >= 0.3 is 0 Å². The van der Waals surface area contributed by atoms with Gasteiger partial charge in [-0.25, -0.2) is 9.97 Å². The maximum atomic E-state index is 5.44. The van der Waals surface area contributed by atoms with E-state index in [9.17, 15) is 0 Å². The van der Waals surface area contributed by atoms with Crippen molar-refractivity contribution in [2.45, 2.75) is 13.1 Å². The van der Waals surface area contributed by atoms with E-state index in [1.54, 1.807) is 0 Å². The molecule has 0 atom stereocenters. The largest absolute Gasteiger partial charge is 0.237 e. The van der Waals surface area contributed by atoms with Gasteiger partial charge in [0.05, 0.1) is 5.69 Å². The molecule has 0 radical (unpaired) electrons. The second-order valence-corrected chi connectivity index (χ2v) is 19.6. The SMILES string of the molecule is C[Si]1(C)c2ccc3ccccc3c2-c2c(-c3cccc(-c4cccc(-c5ccc6c7ccccc7c7ccccc7c6c5)c4)c3)nc(-c3ccccc3)nc21. The quantitative estimate of drug-likeness (QED) is 0.134. The summed E-state index contributed by atoms with van der Waals surface area (Å²) in [6.45, 7) is 4.88. The van der Waals surface area contributed by atoms with Crippen LogP contribution in [0.4, 0.5) is 0 Å². The van der Waals surface area contributed by atoms with Crippen molar-refractivity contribution in [1.29, 1.82) is 0 Å². The molecule has 0 amide bonds. The van der Waals surface area contributed by atoms with Crippen molar-refractivity contribution >= 4 is 61.7 Å². The molecule has 0 saturated heterocycles. The number of hydrogen-bond donors (Lipinski definition) is 0. The Morgan fingerprint density at radius 3 is 1.53 bits per heavy atom. The molecule has 2 heterocycles. The van der Waals surface area contributed by atoms with Gasteiger partial charge in [-0.05, 0) is 94.3 Å². The Kier molecular flexibility index (Phi) is 7.04. The van der Waals surface area contributed by atoms with Gasteiger partial charge in [-0.15, -0.1) is 0 Å². The van der Waals surface area contributed by atoms with Crippen LogP contribution in [-0.4, -0.2) is 18.0 Å². The van der Waals surface area contributed by atoms with Crippen LogP contribution in [0, 0.1) is 0 Å². The molecule has 0 bridgehead atoms. The maximum absolute atomic E-state index is 5.44. The van der Waals surface area contributed by atoms with E-state index < -0.39 is 8.07 Å². The smallest absolute Gasteiger partial charge is 0.159 e. The zero-order valence-electron chi connectivity index (χ0n) is 30.7. The molecule has 258 valence electrons. The number of rotatable bonds is 4. The summed E-state index contributed by atoms with van der Waals surface area (Å²) in [6.07, 6.45) is 0. The number of benzene rings is 9. The maximum Gasteiger partial charge on any atom is 0.159 e. The van der Waals surface area contributed by atoms with Gasteiger partial charge in [0.2, 0.25) is 0 Å². The van der Waals surface area contributed by atoms with Crippen molar-refractivity contribution in [2.24, 2.45) is 0 Å². The number of hydrogen-bond acceptors (Lipinski definition) is 2. The molecule has 0 saturated carbocycles. The van der Waals surface area contributed by atoms with Crippen molar-refractivity contribution in [1.82, 2.24) is 9.97 Å². The minimum atomic E-state index is -2.15. The lowest BCUT2D eigenvalue weighted by atomic mass is 9.91. The summed E-state index contributed by atoms with van der Waals surface area (Å²) >= 11 is 0. The lowest BCUT2D eigenvalue weighted by Crippen LogP contribution is -2.50. The summed E-state index contributed by atoms with van der Waals surface area (Å²) in [4.78, 5) is 10.9. The van der Waals surface area contributed by atoms with Crippen molar-refractivity contribution in [3.05, 3.63) is 182 Å². The first kappa shape index (κ1) is 31.8. The van der Waals surface area contributed by atoms with E-state index in [1.165, 1.54) is 81.4 Å². The molecule has 1 aliphatic rings. The van der Waals surface area contributed by atoms with Crippen molar-refractivity contribution in [2.75, 3.05) is 0 Å². The van der Waals surface area contributed by atoms with E-state index in [2.05, 4.69) is 195 Å². The summed E-state index contributed by atoms with van der Waals surface area (Å²) in [5.74, 6) is 0.788. The summed E-state index contributed by atoms with van der Waals surface area (Å²) in [7, 11) is -2.15. The highest BCUT2D eigenvalue weighted by atomic mass is 28.3. The second-order valence-electron chi connectivity index (χ2n) is 15.3. The first-order valence-corrected chi connectivity index (χ1v) is 22.1. The van der Waals surface area contributed by atoms with Crippen molar-refractivity contribution in [3.8, 4) is 56.0 Å². The predicted molar refractivity (Wildman–Crippen MR) is 236 cm³/mol. The van der Waals surface area contributed by atoms with Gasteiger partial charge < -0.3 is 0 Å². The molecule has 0 N–H and O–H groups in total. The molecule has 2 nitrogen and oxygen atoms in total. The van der Waals surface area contributed by atoms with Crippen molar-refractivity contribution in [3.63, 3.8) is 0 Å². The number of aromatic nitrogens is 2. The molecule has 0 unspecified atom stereocenters. The molecule has 10 aromatic rings. The van der Waals surface area contributed by atoms with Crippen molar-refractivity contribution < 1.29 is 0 Å². The van der Waals surface area contributed by atoms with Gasteiger partial charge in [0.15, 0.2) is 5.82 Å². The predicted octanol–water partition coefficient (Wildman–Crippen LogP) is 12.6. The summed E-state index contributed by atoms with van der Waals surface area (Å²) < 4.78 is 0. The Morgan fingerprint density at radius 2 is 0.855 bits per heavy atom. The van der Waals surface area contributed by atoms with Gasteiger partial charge in [0.25, 0.3) is 0 Å². The minimum absolute atomic E-state index is 0.788. The Hall–Kier alpha value is -6.68. The molecular weight excluding hydrogens is 681 g/mol. The van der Waals surface area contributed by atoms with Crippen LogP contribution in [-0.2, 0) is 0 Å². The summed E-state index contributed by atoms with van der Waals surface area (Å²) in [5.41, 5.74) is 10.4. The van der Waals surface area contributed by atoms with Gasteiger partial charge in [-0.3, -0.25) is 0 Å². The lowest BCUT2D eigenvalue weighted by Gasteiger charge is -2.19. The monoisotopic (exact) mass is 716 g/mol. The Balaban J connectivity index is 1.08. The summed E-state index contributed by atoms with van der Waals surface area (Å²) in [5, 5.41) is 12.9. The average molecular weight is 717 g/mol. The van der Waals surface area contributed by atoms with Crippen LogP contribution in [0.25, 0.3) is 99.1 Å². The van der Waals surface area contributed by atoms with Gasteiger partial charge in [-0.2, -0.15) is 0 Å². The fourth-order valence-electron chi connectivity index (χ4n) is 9.08. The van der Waals surface area contributed by atoms with E-state index in [-0.39, 0.29) is 0 Å². The van der Waals surface area contributed by atoms with E-state index in [4.69, 9.17) is 9.97 Å².